The molecule has 0 aliphatic rings. The minimum absolute atomic E-state index is 0.346. The molecule has 1 aromatic heterocycles. The van der Waals surface area contributed by atoms with E-state index in [0.717, 1.165) is 16.9 Å². The molecule has 16 heavy (non-hydrogen) atoms. The van der Waals surface area contributed by atoms with Gasteiger partial charge in [0.1, 0.15) is 11.5 Å². The smallest absolute Gasteiger partial charge is 0.336 e. The number of ether oxygens (including phenoxy) is 1. The Morgan fingerprint density at radius 1 is 1.19 bits per heavy atom. The zero-order chi connectivity index (χ0) is 11.5. The molecule has 0 amide bonds. The van der Waals surface area contributed by atoms with Crippen LogP contribution >= 0.6 is 0 Å². The molecule has 0 atom stereocenters. The van der Waals surface area contributed by atoms with Crippen LogP contribution in [0.25, 0.3) is 11.1 Å². The lowest BCUT2D eigenvalue weighted by atomic mass is 10.1. The number of aryl methyl sites for hydroxylation is 1. The van der Waals surface area contributed by atoms with Crippen molar-refractivity contribution < 1.29 is 9.15 Å². The van der Waals surface area contributed by atoms with E-state index in [1.807, 2.05) is 30.3 Å². The quantitative estimate of drug-likeness (QED) is 0.774. The van der Waals surface area contributed by atoms with E-state index in [1.165, 1.54) is 6.07 Å². The highest BCUT2D eigenvalue weighted by Gasteiger charge is 2.06. The van der Waals surface area contributed by atoms with Crippen molar-refractivity contribution in [3.8, 4) is 16.9 Å². The highest BCUT2D eigenvalue weighted by Crippen LogP contribution is 2.28. The number of para-hydroxylation sites is 1. The van der Waals surface area contributed by atoms with Gasteiger partial charge in [-0.25, -0.2) is 4.79 Å². The maximum atomic E-state index is 11.3. The first-order valence-corrected chi connectivity index (χ1v) is 4.96. The first-order chi connectivity index (χ1) is 7.70. The monoisotopic (exact) mass is 216 g/mol. The fraction of sp³-hybridized carbons (Fsp3) is 0.154. The van der Waals surface area contributed by atoms with Crippen LogP contribution in [0.4, 0.5) is 0 Å². The lowest BCUT2D eigenvalue weighted by molar-refractivity contribution is 0.416. The molecule has 0 saturated carbocycles. The molecular weight excluding hydrogens is 204 g/mol. The van der Waals surface area contributed by atoms with Gasteiger partial charge in [0, 0.05) is 11.6 Å². The minimum Gasteiger partial charge on any atom is -0.496 e. The lowest BCUT2D eigenvalue weighted by Gasteiger charge is -2.07. The molecule has 2 rings (SSSR count). The molecular formula is C13H12O3. The molecule has 0 aliphatic heterocycles. The summed E-state index contributed by atoms with van der Waals surface area (Å²) in [4.78, 5) is 11.3. The van der Waals surface area contributed by atoms with E-state index in [9.17, 15) is 4.79 Å². The van der Waals surface area contributed by atoms with Gasteiger partial charge < -0.3 is 9.15 Å². The molecule has 0 spiro atoms. The van der Waals surface area contributed by atoms with Crippen LogP contribution in [0.2, 0.25) is 0 Å². The Balaban J connectivity index is 2.62. The molecule has 0 aliphatic carbocycles. The summed E-state index contributed by atoms with van der Waals surface area (Å²) in [5, 5.41) is 0. The van der Waals surface area contributed by atoms with E-state index in [2.05, 4.69) is 0 Å². The summed E-state index contributed by atoms with van der Waals surface area (Å²) in [5.41, 5.74) is 1.35. The Labute approximate surface area is 93.3 Å². The van der Waals surface area contributed by atoms with Crippen LogP contribution in [-0.4, -0.2) is 7.11 Å². The molecule has 1 aromatic carbocycles. The second-order valence-corrected chi connectivity index (χ2v) is 3.48. The van der Waals surface area contributed by atoms with Gasteiger partial charge in [0.05, 0.1) is 7.11 Å². The molecule has 0 N–H and O–H groups in total. The predicted octanol–water partition coefficient (Wildman–Crippen LogP) is 2.62. The third-order valence-corrected chi connectivity index (χ3v) is 2.31. The van der Waals surface area contributed by atoms with Gasteiger partial charge in [-0.15, -0.1) is 0 Å². The van der Waals surface area contributed by atoms with Crippen LogP contribution in [0.3, 0.4) is 0 Å². The number of hydrogen-bond acceptors (Lipinski definition) is 3. The van der Waals surface area contributed by atoms with E-state index in [1.54, 1.807) is 14.0 Å². The van der Waals surface area contributed by atoms with E-state index in [4.69, 9.17) is 9.15 Å². The van der Waals surface area contributed by atoms with Crippen molar-refractivity contribution in [1.82, 2.24) is 0 Å². The summed E-state index contributed by atoms with van der Waals surface area (Å²) >= 11 is 0. The fourth-order valence-corrected chi connectivity index (χ4v) is 1.64. The van der Waals surface area contributed by atoms with Gasteiger partial charge in [0.15, 0.2) is 0 Å². The van der Waals surface area contributed by atoms with Crippen molar-refractivity contribution >= 4 is 0 Å². The normalized spacial score (nSPS) is 10.1. The van der Waals surface area contributed by atoms with Gasteiger partial charge in [-0.3, -0.25) is 0 Å². The minimum atomic E-state index is -0.346. The summed E-state index contributed by atoms with van der Waals surface area (Å²) in [6.07, 6.45) is 0. The predicted molar refractivity (Wildman–Crippen MR) is 61.7 cm³/mol. The van der Waals surface area contributed by atoms with Gasteiger partial charge in [-0.2, -0.15) is 0 Å². The Hall–Kier alpha value is -2.03. The maximum absolute atomic E-state index is 11.3. The summed E-state index contributed by atoms with van der Waals surface area (Å²) in [5.74, 6) is 1.33. The Kier molecular flexibility index (Phi) is 2.77. The fourth-order valence-electron chi connectivity index (χ4n) is 1.64. The van der Waals surface area contributed by atoms with Crippen LogP contribution < -0.4 is 10.4 Å². The molecule has 82 valence electrons. The number of benzene rings is 1. The zero-order valence-electron chi connectivity index (χ0n) is 9.19. The van der Waals surface area contributed by atoms with Crippen molar-refractivity contribution in [2.75, 3.05) is 7.11 Å². The van der Waals surface area contributed by atoms with Gasteiger partial charge >= 0.3 is 5.63 Å². The maximum Gasteiger partial charge on any atom is 0.336 e. The summed E-state index contributed by atoms with van der Waals surface area (Å²) in [6, 6.07) is 10.8. The second-order valence-electron chi connectivity index (χ2n) is 3.48. The summed E-state index contributed by atoms with van der Waals surface area (Å²) in [7, 11) is 1.61. The topological polar surface area (TPSA) is 39.4 Å². The SMILES string of the molecule is COc1ccccc1-c1cc(C)oc(=O)c1. The first kappa shape index (κ1) is 10.5. The Morgan fingerprint density at radius 3 is 2.62 bits per heavy atom. The standard InChI is InChI=1S/C13H12O3/c1-9-7-10(8-13(14)16-9)11-5-3-4-6-12(11)15-2/h3-8H,1-2H3. The van der Waals surface area contributed by atoms with Crippen molar-refractivity contribution in [3.63, 3.8) is 0 Å². The largest absolute Gasteiger partial charge is 0.496 e. The Bertz CT molecular complexity index is 555. The van der Waals surface area contributed by atoms with E-state index >= 15 is 0 Å². The van der Waals surface area contributed by atoms with Crippen molar-refractivity contribution in [3.05, 3.63) is 52.6 Å². The van der Waals surface area contributed by atoms with Crippen LogP contribution in [0.5, 0.6) is 5.75 Å². The summed E-state index contributed by atoms with van der Waals surface area (Å²) in [6.45, 7) is 1.75. The Morgan fingerprint density at radius 2 is 1.94 bits per heavy atom. The average Bonchev–Trinajstić information content (AvgIpc) is 2.27. The molecule has 0 bridgehead atoms. The molecule has 2 aromatic rings. The second kappa shape index (κ2) is 4.23. The molecule has 1 heterocycles. The molecule has 3 heteroatoms. The number of methoxy groups -OCH3 is 1. The van der Waals surface area contributed by atoms with Crippen LogP contribution in [0.15, 0.2) is 45.6 Å². The highest BCUT2D eigenvalue weighted by molar-refractivity contribution is 5.70. The zero-order valence-corrected chi connectivity index (χ0v) is 9.19. The third-order valence-electron chi connectivity index (χ3n) is 2.31. The van der Waals surface area contributed by atoms with Crippen LogP contribution in [0.1, 0.15) is 5.76 Å². The van der Waals surface area contributed by atoms with E-state index in [-0.39, 0.29) is 5.63 Å². The average molecular weight is 216 g/mol. The van der Waals surface area contributed by atoms with Gasteiger partial charge in [0.2, 0.25) is 0 Å². The van der Waals surface area contributed by atoms with Crippen LogP contribution in [0, 0.1) is 6.92 Å². The van der Waals surface area contributed by atoms with Crippen molar-refractivity contribution in [1.29, 1.82) is 0 Å². The molecule has 0 radical (unpaired) electrons. The number of hydrogen-bond donors (Lipinski definition) is 0. The third kappa shape index (κ3) is 1.98. The van der Waals surface area contributed by atoms with Crippen LogP contribution in [-0.2, 0) is 0 Å². The van der Waals surface area contributed by atoms with E-state index in [0.29, 0.717) is 5.76 Å². The van der Waals surface area contributed by atoms with Gasteiger partial charge in [-0.05, 0) is 24.6 Å². The van der Waals surface area contributed by atoms with Crippen molar-refractivity contribution in [2.24, 2.45) is 0 Å². The summed E-state index contributed by atoms with van der Waals surface area (Å²) < 4.78 is 10.2. The first-order valence-electron chi connectivity index (χ1n) is 4.96. The van der Waals surface area contributed by atoms with E-state index < -0.39 is 0 Å². The molecule has 0 unspecified atom stereocenters. The molecule has 0 saturated heterocycles. The highest BCUT2D eigenvalue weighted by atomic mass is 16.5. The lowest BCUT2D eigenvalue weighted by Crippen LogP contribution is -1.99. The molecule has 3 nitrogen and oxygen atoms in total. The van der Waals surface area contributed by atoms with Gasteiger partial charge in [-0.1, -0.05) is 18.2 Å². The number of rotatable bonds is 2. The van der Waals surface area contributed by atoms with Crippen molar-refractivity contribution in [2.45, 2.75) is 6.92 Å². The van der Waals surface area contributed by atoms with Gasteiger partial charge in [0.25, 0.3) is 0 Å². The molecule has 0 fully saturated rings.